The molecule has 2 aromatic rings. The summed E-state index contributed by atoms with van der Waals surface area (Å²) >= 11 is 0. The number of hydrogen-bond acceptors (Lipinski definition) is 5. The molecule has 21 heavy (non-hydrogen) atoms. The van der Waals surface area contributed by atoms with Gasteiger partial charge >= 0.3 is 0 Å². The Hall–Kier alpha value is -2.94. The molecule has 6 heteroatoms. The molecule has 0 aliphatic heterocycles. The van der Waals surface area contributed by atoms with E-state index in [1.54, 1.807) is 24.3 Å². The average Bonchev–Trinajstić information content (AvgIpc) is 2.54. The number of aromatic nitrogens is 2. The molecule has 0 fully saturated rings. The summed E-state index contributed by atoms with van der Waals surface area (Å²) < 4.78 is 0. The second-order valence-corrected chi connectivity index (χ2v) is 4.37. The lowest BCUT2D eigenvalue weighted by Gasteiger charge is -2.06. The Morgan fingerprint density at radius 3 is 2.48 bits per heavy atom. The van der Waals surface area contributed by atoms with E-state index in [1.807, 2.05) is 6.92 Å². The maximum absolute atomic E-state index is 11.7. The number of rotatable bonds is 5. The molecule has 106 valence electrons. The Morgan fingerprint density at radius 1 is 1.24 bits per heavy atom. The van der Waals surface area contributed by atoms with E-state index in [9.17, 15) is 4.79 Å². The molecule has 0 saturated heterocycles. The second-order valence-electron chi connectivity index (χ2n) is 4.37. The molecule has 1 aromatic carbocycles. The third-order valence-electron chi connectivity index (χ3n) is 2.72. The summed E-state index contributed by atoms with van der Waals surface area (Å²) in [4.78, 5) is 19.9. The van der Waals surface area contributed by atoms with Gasteiger partial charge in [-0.3, -0.25) is 4.79 Å². The number of carbonyl (C=O) groups excluding carboxylic acids is 1. The average molecular weight is 281 g/mol. The van der Waals surface area contributed by atoms with Crippen molar-refractivity contribution in [2.24, 2.45) is 0 Å². The molecule has 0 saturated carbocycles. The molecule has 0 spiro atoms. The molecule has 2 rings (SSSR count). The van der Waals surface area contributed by atoms with Crippen LogP contribution in [0.5, 0.6) is 0 Å². The lowest BCUT2D eigenvalue weighted by Crippen LogP contribution is -2.24. The van der Waals surface area contributed by atoms with Gasteiger partial charge in [0.05, 0.1) is 17.2 Å². The first-order valence-corrected chi connectivity index (χ1v) is 6.60. The predicted octanol–water partition coefficient (Wildman–Crippen LogP) is 2.23. The maximum Gasteiger partial charge on any atom is 0.254 e. The van der Waals surface area contributed by atoms with E-state index in [-0.39, 0.29) is 5.91 Å². The monoisotopic (exact) mass is 281 g/mol. The van der Waals surface area contributed by atoms with E-state index >= 15 is 0 Å². The van der Waals surface area contributed by atoms with Crippen LogP contribution in [0.2, 0.25) is 0 Å². The molecule has 6 nitrogen and oxygen atoms in total. The van der Waals surface area contributed by atoms with Gasteiger partial charge in [0.2, 0.25) is 5.95 Å². The number of benzene rings is 1. The summed E-state index contributed by atoms with van der Waals surface area (Å²) in [6.45, 7) is 2.62. The molecule has 0 atom stereocenters. The molecule has 0 radical (unpaired) electrons. The largest absolute Gasteiger partial charge is 0.352 e. The number of amides is 1. The van der Waals surface area contributed by atoms with Gasteiger partial charge in [0.15, 0.2) is 0 Å². The lowest BCUT2D eigenvalue weighted by molar-refractivity contribution is 0.0953. The Morgan fingerprint density at radius 2 is 1.90 bits per heavy atom. The summed E-state index contributed by atoms with van der Waals surface area (Å²) in [6.07, 6.45) is 3.83. The Kier molecular flexibility index (Phi) is 4.83. The zero-order valence-electron chi connectivity index (χ0n) is 11.6. The van der Waals surface area contributed by atoms with Crippen LogP contribution in [0.15, 0.2) is 36.7 Å². The third-order valence-corrected chi connectivity index (χ3v) is 2.72. The minimum atomic E-state index is -0.179. The molecular formula is C15H15N5O. The van der Waals surface area contributed by atoms with Crippen molar-refractivity contribution in [3.63, 3.8) is 0 Å². The van der Waals surface area contributed by atoms with Crippen molar-refractivity contribution in [3.05, 3.63) is 47.8 Å². The topological polar surface area (TPSA) is 90.7 Å². The van der Waals surface area contributed by atoms with Crippen molar-refractivity contribution in [2.45, 2.75) is 13.3 Å². The van der Waals surface area contributed by atoms with Crippen LogP contribution in [0.25, 0.3) is 0 Å². The first kappa shape index (κ1) is 14.5. The normalized spacial score (nSPS) is 9.71. The number of anilines is 2. The zero-order chi connectivity index (χ0) is 15.1. The van der Waals surface area contributed by atoms with E-state index in [1.165, 1.54) is 12.4 Å². The summed E-state index contributed by atoms with van der Waals surface area (Å²) in [5.41, 5.74) is 1.79. The Balaban J connectivity index is 2.01. The molecule has 2 N–H and O–H groups in total. The van der Waals surface area contributed by atoms with Crippen molar-refractivity contribution in [1.82, 2.24) is 15.3 Å². The molecule has 0 bridgehead atoms. The van der Waals surface area contributed by atoms with Crippen LogP contribution >= 0.6 is 0 Å². The number of nitriles is 1. The predicted molar refractivity (Wildman–Crippen MR) is 79.1 cm³/mol. The van der Waals surface area contributed by atoms with E-state index in [2.05, 4.69) is 26.7 Å². The zero-order valence-corrected chi connectivity index (χ0v) is 11.6. The van der Waals surface area contributed by atoms with Crippen molar-refractivity contribution in [3.8, 4) is 6.07 Å². The molecule has 0 unspecified atom stereocenters. The van der Waals surface area contributed by atoms with E-state index in [0.29, 0.717) is 23.6 Å². The smallest absolute Gasteiger partial charge is 0.254 e. The lowest BCUT2D eigenvalue weighted by atomic mass is 10.2. The fourth-order valence-electron chi connectivity index (χ4n) is 1.61. The van der Waals surface area contributed by atoms with E-state index in [4.69, 9.17) is 5.26 Å². The minimum absolute atomic E-state index is 0.179. The molecule has 0 aliphatic rings. The highest BCUT2D eigenvalue weighted by Crippen LogP contribution is 2.13. The molecule has 1 aromatic heterocycles. The summed E-state index contributed by atoms with van der Waals surface area (Å²) in [6, 6.07) is 8.99. The van der Waals surface area contributed by atoms with Crippen LogP contribution < -0.4 is 10.6 Å². The van der Waals surface area contributed by atoms with E-state index in [0.717, 1.165) is 12.1 Å². The molecule has 0 aliphatic carbocycles. The fourth-order valence-corrected chi connectivity index (χ4v) is 1.61. The minimum Gasteiger partial charge on any atom is -0.352 e. The Labute approximate surface area is 122 Å². The van der Waals surface area contributed by atoms with Crippen molar-refractivity contribution in [1.29, 1.82) is 5.26 Å². The fraction of sp³-hybridized carbons (Fsp3) is 0.200. The number of hydrogen-bond donors (Lipinski definition) is 2. The number of nitrogens with one attached hydrogen (secondary N) is 2. The van der Waals surface area contributed by atoms with Crippen LogP contribution in [0.1, 0.15) is 29.3 Å². The highest BCUT2D eigenvalue weighted by atomic mass is 16.1. The van der Waals surface area contributed by atoms with Gasteiger partial charge in [0.25, 0.3) is 5.91 Å². The van der Waals surface area contributed by atoms with Crippen LogP contribution in [0, 0.1) is 11.3 Å². The van der Waals surface area contributed by atoms with Gasteiger partial charge < -0.3 is 10.6 Å². The first-order valence-electron chi connectivity index (χ1n) is 6.60. The van der Waals surface area contributed by atoms with Gasteiger partial charge in [-0.05, 0) is 30.7 Å². The quantitative estimate of drug-likeness (QED) is 0.877. The van der Waals surface area contributed by atoms with Gasteiger partial charge in [-0.2, -0.15) is 5.26 Å². The van der Waals surface area contributed by atoms with Gasteiger partial charge in [0.1, 0.15) is 0 Å². The second kappa shape index (κ2) is 7.01. The van der Waals surface area contributed by atoms with Crippen LogP contribution in [-0.2, 0) is 0 Å². The van der Waals surface area contributed by atoms with Gasteiger partial charge in [-0.1, -0.05) is 6.92 Å². The third kappa shape index (κ3) is 4.01. The molecule has 1 amide bonds. The van der Waals surface area contributed by atoms with Crippen molar-refractivity contribution in [2.75, 3.05) is 11.9 Å². The maximum atomic E-state index is 11.7. The first-order chi connectivity index (χ1) is 10.2. The molecular weight excluding hydrogens is 266 g/mol. The van der Waals surface area contributed by atoms with Crippen molar-refractivity contribution >= 4 is 17.5 Å². The van der Waals surface area contributed by atoms with Crippen LogP contribution in [0.4, 0.5) is 11.6 Å². The highest BCUT2D eigenvalue weighted by Gasteiger charge is 2.06. The standard InChI is InChI=1S/C15H15N5O/c1-2-7-17-14(21)12-9-18-15(19-10-12)20-13-5-3-11(8-16)4-6-13/h3-6,9-10H,2,7H2,1H3,(H,17,21)(H,18,19,20). The van der Waals surface area contributed by atoms with E-state index < -0.39 is 0 Å². The summed E-state index contributed by atoms with van der Waals surface area (Å²) in [7, 11) is 0. The van der Waals surface area contributed by atoms with Gasteiger partial charge in [-0.15, -0.1) is 0 Å². The van der Waals surface area contributed by atoms with Gasteiger partial charge in [0, 0.05) is 24.6 Å². The summed E-state index contributed by atoms with van der Waals surface area (Å²) in [5, 5.41) is 14.5. The highest BCUT2D eigenvalue weighted by molar-refractivity contribution is 5.93. The van der Waals surface area contributed by atoms with Crippen LogP contribution in [0.3, 0.4) is 0 Å². The number of carbonyl (C=O) groups is 1. The molecule has 1 heterocycles. The summed E-state index contributed by atoms with van der Waals surface area (Å²) in [5.74, 6) is 0.216. The van der Waals surface area contributed by atoms with Gasteiger partial charge in [-0.25, -0.2) is 9.97 Å². The SMILES string of the molecule is CCCNC(=O)c1cnc(Nc2ccc(C#N)cc2)nc1. The number of nitrogens with zero attached hydrogens (tertiary/aromatic N) is 3. The Bertz CT molecular complexity index is 643. The van der Waals surface area contributed by atoms with Crippen LogP contribution in [-0.4, -0.2) is 22.4 Å². The van der Waals surface area contributed by atoms with Crippen molar-refractivity contribution < 1.29 is 4.79 Å².